The molecule has 1 heterocycles. The zero-order valence-corrected chi connectivity index (χ0v) is 13.3. The van der Waals surface area contributed by atoms with E-state index in [0.29, 0.717) is 18.4 Å². The predicted octanol–water partition coefficient (Wildman–Crippen LogP) is 3.14. The van der Waals surface area contributed by atoms with Crippen molar-refractivity contribution in [3.05, 3.63) is 12.2 Å². The molecule has 0 aromatic rings. The van der Waals surface area contributed by atoms with E-state index < -0.39 is 0 Å². The molecule has 3 aliphatic rings. The largest absolute Gasteiger partial charge is 0.282 e. The van der Waals surface area contributed by atoms with Crippen molar-refractivity contribution >= 4 is 27.7 Å². The van der Waals surface area contributed by atoms with Crippen LogP contribution in [-0.4, -0.2) is 28.6 Å². The van der Waals surface area contributed by atoms with E-state index in [1.54, 1.807) is 4.90 Å². The summed E-state index contributed by atoms with van der Waals surface area (Å²) < 4.78 is 0. The molecule has 1 saturated carbocycles. The number of nitrogens with zero attached hydrogens (tertiary/aromatic N) is 1. The second kappa shape index (κ2) is 6.00. The molecule has 0 spiro atoms. The third-order valence-corrected chi connectivity index (χ3v) is 5.64. The molecule has 3 rings (SSSR count). The average molecular weight is 340 g/mol. The van der Waals surface area contributed by atoms with E-state index in [1.807, 2.05) is 0 Å². The van der Waals surface area contributed by atoms with Crippen molar-refractivity contribution in [2.75, 3.05) is 11.9 Å². The van der Waals surface area contributed by atoms with Gasteiger partial charge in [-0.15, -0.1) is 0 Å². The highest BCUT2D eigenvalue weighted by Crippen LogP contribution is 2.52. The second-order valence-corrected chi connectivity index (χ2v) is 7.08. The molecule has 110 valence electrons. The topological polar surface area (TPSA) is 37.4 Å². The van der Waals surface area contributed by atoms with Crippen molar-refractivity contribution in [1.82, 2.24) is 4.90 Å². The fourth-order valence-electron chi connectivity index (χ4n) is 4.08. The molecule has 0 aromatic carbocycles. The number of amides is 2. The first-order valence-electron chi connectivity index (χ1n) is 7.83. The molecule has 0 radical (unpaired) electrons. The van der Waals surface area contributed by atoms with Crippen LogP contribution in [-0.2, 0) is 9.59 Å². The van der Waals surface area contributed by atoms with Crippen LogP contribution in [0.3, 0.4) is 0 Å². The molecule has 2 fully saturated rings. The van der Waals surface area contributed by atoms with Crippen LogP contribution in [0.5, 0.6) is 0 Å². The Morgan fingerprint density at radius 1 is 0.950 bits per heavy atom. The molecule has 1 aliphatic heterocycles. The van der Waals surface area contributed by atoms with Crippen molar-refractivity contribution < 1.29 is 9.59 Å². The summed E-state index contributed by atoms with van der Waals surface area (Å²) in [7, 11) is 0. The summed E-state index contributed by atoms with van der Waals surface area (Å²) in [5.41, 5.74) is 0. The Kier molecular flexibility index (Phi) is 4.29. The van der Waals surface area contributed by atoms with Gasteiger partial charge in [0.1, 0.15) is 0 Å². The van der Waals surface area contributed by atoms with Gasteiger partial charge in [-0.2, -0.15) is 0 Å². The third-order valence-electron chi connectivity index (χ3n) is 5.08. The lowest BCUT2D eigenvalue weighted by Gasteiger charge is -2.16. The number of alkyl halides is 1. The fraction of sp³-hybridized carbons (Fsp3) is 0.750. The molecule has 1 saturated heterocycles. The Labute approximate surface area is 128 Å². The standard InChI is InChI=1S/C16H22BrNO2/c17-8-4-2-1-3-5-9-18-15(19)13-11-6-7-12(10-11)14(13)16(18)20/h6-7,11-14H,1-5,8-10H2. The van der Waals surface area contributed by atoms with Crippen LogP contribution in [0.1, 0.15) is 38.5 Å². The van der Waals surface area contributed by atoms with Crippen LogP contribution in [0.4, 0.5) is 0 Å². The Hall–Kier alpha value is -0.640. The zero-order valence-electron chi connectivity index (χ0n) is 11.8. The third kappa shape index (κ3) is 2.36. The smallest absolute Gasteiger partial charge is 0.233 e. The first kappa shape index (κ1) is 14.3. The molecule has 4 unspecified atom stereocenters. The monoisotopic (exact) mass is 339 g/mol. The van der Waals surface area contributed by atoms with Crippen molar-refractivity contribution in [2.45, 2.75) is 38.5 Å². The Bertz CT molecular complexity index is 404. The maximum atomic E-state index is 12.4. The quantitative estimate of drug-likeness (QED) is 0.309. The molecule has 3 nitrogen and oxygen atoms in total. The average Bonchev–Trinajstić information content (AvgIpc) is 3.11. The van der Waals surface area contributed by atoms with Gasteiger partial charge in [-0.25, -0.2) is 0 Å². The van der Waals surface area contributed by atoms with Crippen molar-refractivity contribution in [2.24, 2.45) is 23.7 Å². The van der Waals surface area contributed by atoms with Gasteiger partial charge in [-0.05, 0) is 31.1 Å². The second-order valence-electron chi connectivity index (χ2n) is 6.28. The predicted molar refractivity (Wildman–Crippen MR) is 81.3 cm³/mol. The highest BCUT2D eigenvalue weighted by Gasteiger charge is 2.58. The highest BCUT2D eigenvalue weighted by molar-refractivity contribution is 9.09. The lowest BCUT2D eigenvalue weighted by atomic mass is 9.85. The number of hydrogen-bond acceptors (Lipinski definition) is 2. The Morgan fingerprint density at radius 3 is 2.10 bits per heavy atom. The number of imide groups is 1. The van der Waals surface area contributed by atoms with E-state index in [1.165, 1.54) is 19.3 Å². The van der Waals surface area contributed by atoms with E-state index in [0.717, 1.165) is 24.6 Å². The molecule has 0 N–H and O–H groups in total. The number of fused-ring (bicyclic) bond motifs is 5. The van der Waals surface area contributed by atoms with E-state index in [2.05, 4.69) is 28.1 Å². The highest BCUT2D eigenvalue weighted by atomic mass is 79.9. The molecule has 20 heavy (non-hydrogen) atoms. The van der Waals surface area contributed by atoms with Gasteiger partial charge in [0.2, 0.25) is 11.8 Å². The number of carbonyl (C=O) groups excluding carboxylic acids is 2. The SMILES string of the molecule is O=C1C2C3C=CC(C3)C2C(=O)N1CCCCCCCBr. The van der Waals surface area contributed by atoms with Gasteiger partial charge < -0.3 is 0 Å². The van der Waals surface area contributed by atoms with Crippen LogP contribution in [0, 0.1) is 23.7 Å². The molecule has 4 heteroatoms. The zero-order chi connectivity index (χ0) is 14.1. The maximum Gasteiger partial charge on any atom is 0.233 e. The number of unbranched alkanes of at least 4 members (excludes halogenated alkanes) is 4. The summed E-state index contributed by atoms with van der Waals surface area (Å²) in [6.45, 7) is 0.637. The number of carbonyl (C=O) groups is 2. The number of rotatable bonds is 7. The summed E-state index contributed by atoms with van der Waals surface area (Å²) in [6.07, 6.45) is 11.0. The number of halogens is 1. The number of hydrogen-bond donors (Lipinski definition) is 0. The first-order chi connectivity index (χ1) is 9.74. The molecule has 2 bridgehead atoms. The van der Waals surface area contributed by atoms with Crippen molar-refractivity contribution in [3.63, 3.8) is 0 Å². The minimum absolute atomic E-state index is 0.0223. The van der Waals surface area contributed by atoms with E-state index in [-0.39, 0.29) is 23.7 Å². The summed E-state index contributed by atoms with van der Waals surface area (Å²) in [5.74, 6) is 0.849. The molecule has 2 aliphatic carbocycles. The van der Waals surface area contributed by atoms with E-state index >= 15 is 0 Å². The fourth-order valence-corrected chi connectivity index (χ4v) is 4.48. The van der Waals surface area contributed by atoms with Crippen LogP contribution < -0.4 is 0 Å². The summed E-state index contributed by atoms with van der Waals surface area (Å²) in [5, 5.41) is 1.06. The van der Waals surface area contributed by atoms with Crippen LogP contribution in [0.25, 0.3) is 0 Å². The lowest BCUT2D eigenvalue weighted by molar-refractivity contribution is -0.140. The van der Waals surface area contributed by atoms with Gasteiger partial charge >= 0.3 is 0 Å². The van der Waals surface area contributed by atoms with Crippen molar-refractivity contribution in [1.29, 1.82) is 0 Å². The number of allylic oxidation sites excluding steroid dienone is 2. The Balaban J connectivity index is 1.49. The van der Waals surface area contributed by atoms with Gasteiger partial charge in [-0.3, -0.25) is 14.5 Å². The minimum atomic E-state index is -0.0223. The summed E-state index contributed by atoms with van der Waals surface area (Å²) in [6, 6.07) is 0. The normalized spacial score (nSPS) is 34.4. The molecule has 0 aromatic heterocycles. The van der Waals surface area contributed by atoms with Crippen LogP contribution in [0.15, 0.2) is 12.2 Å². The Morgan fingerprint density at radius 2 is 1.50 bits per heavy atom. The molecule has 2 amide bonds. The van der Waals surface area contributed by atoms with Gasteiger partial charge in [0.15, 0.2) is 0 Å². The van der Waals surface area contributed by atoms with Crippen LogP contribution >= 0.6 is 15.9 Å². The lowest BCUT2D eigenvalue weighted by Crippen LogP contribution is -2.33. The minimum Gasteiger partial charge on any atom is -0.282 e. The summed E-state index contributed by atoms with van der Waals surface area (Å²) >= 11 is 3.43. The maximum absolute atomic E-state index is 12.4. The molecular formula is C16H22BrNO2. The number of likely N-dealkylation sites (tertiary alicyclic amines) is 1. The first-order valence-corrected chi connectivity index (χ1v) is 8.95. The van der Waals surface area contributed by atoms with E-state index in [9.17, 15) is 9.59 Å². The van der Waals surface area contributed by atoms with Crippen molar-refractivity contribution in [3.8, 4) is 0 Å². The van der Waals surface area contributed by atoms with Gasteiger partial charge in [0.25, 0.3) is 0 Å². The van der Waals surface area contributed by atoms with E-state index in [4.69, 9.17) is 0 Å². The molecular weight excluding hydrogens is 318 g/mol. The van der Waals surface area contributed by atoms with Gasteiger partial charge in [0.05, 0.1) is 11.8 Å². The summed E-state index contributed by atoms with van der Waals surface area (Å²) in [4.78, 5) is 26.4. The molecule has 4 atom stereocenters. The van der Waals surface area contributed by atoms with Gasteiger partial charge in [-0.1, -0.05) is 47.3 Å². The van der Waals surface area contributed by atoms with Gasteiger partial charge in [0, 0.05) is 11.9 Å². The van der Waals surface area contributed by atoms with Crippen LogP contribution in [0.2, 0.25) is 0 Å².